The van der Waals surface area contributed by atoms with Gasteiger partial charge in [-0.25, -0.2) is 4.99 Å². The molecule has 0 saturated carbocycles. The van der Waals surface area contributed by atoms with Gasteiger partial charge in [0.1, 0.15) is 11.6 Å². The average molecular weight is 387 g/mol. The summed E-state index contributed by atoms with van der Waals surface area (Å²) in [6.07, 6.45) is 0. The first kappa shape index (κ1) is 13.0. The van der Waals surface area contributed by atoms with Crippen LogP contribution in [0.1, 0.15) is 28.0 Å². The van der Waals surface area contributed by atoms with Crippen molar-refractivity contribution in [1.82, 2.24) is 0 Å². The number of anilines is 1. The van der Waals surface area contributed by atoms with Crippen LogP contribution in [-0.4, -0.2) is 5.84 Å². The lowest BCUT2D eigenvalue weighted by Gasteiger charge is -2.17. The SMILES string of the molecule is Cc1cc2c(o1)NC(c1cccc(CI)c1)=NC2Cl. The molecular weight excluding hydrogens is 375 g/mol. The molecule has 3 nitrogen and oxygen atoms in total. The van der Waals surface area contributed by atoms with E-state index < -0.39 is 5.50 Å². The summed E-state index contributed by atoms with van der Waals surface area (Å²) in [5, 5.41) is 3.21. The van der Waals surface area contributed by atoms with Gasteiger partial charge >= 0.3 is 0 Å². The molecule has 1 aromatic carbocycles. The average Bonchev–Trinajstić information content (AvgIpc) is 2.80. The summed E-state index contributed by atoms with van der Waals surface area (Å²) in [4.78, 5) is 4.49. The van der Waals surface area contributed by atoms with E-state index in [1.807, 2.05) is 25.1 Å². The fourth-order valence-corrected chi connectivity index (χ4v) is 2.81. The fraction of sp³-hybridized carbons (Fsp3) is 0.214. The molecule has 0 radical (unpaired) electrons. The van der Waals surface area contributed by atoms with Gasteiger partial charge in [-0.1, -0.05) is 52.4 Å². The van der Waals surface area contributed by atoms with Gasteiger partial charge in [0.2, 0.25) is 5.88 Å². The topological polar surface area (TPSA) is 37.5 Å². The molecule has 1 aliphatic rings. The number of fused-ring (bicyclic) bond motifs is 1. The second-order valence-electron chi connectivity index (χ2n) is 4.41. The Morgan fingerprint density at radius 1 is 1.42 bits per heavy atom. The molecule has 1 aromatic heterocycles. The first-order valence-electron chi connectivity index (χ1n) is 5.92. The smallest absolute Gasteiger partial charge is 0.205 e. The minimum absolute atomic E-state index is 0.396. The van der Waals surface area contributed by atoms with Crippen molar-refractivity contribution in [2.45, 2.75) is 16.9 Å². The van der Waals surface area contributed by atoms with Crippen LogP contribution >= 0.6 is 34.2 Å². The van der Waals surface area contributed by atoms with E-state index in [4.69, 9.17) is 16.0 Å². The van der Waals surface area contributed by atoms with Gasteiger partial charge in [-0.05, 0) is 24.6 Å². The van der Waals surface area contributed by atoms with Gasteiger partial charge in [0, 0.05) is 9.99 Å². The highest BCUT2D eigenvalue weighted by atomic mass is 127. The maximum Gasteiger partial charge on any atom is 0.205 e. The van der Waals surface area contributed by atoms with E-state index in [-0.39, 0.29) is 0 Å². The van der Waals surface area contributed by atoms with E-state index in [0.717, 1.165) is 27.2 Å². The summed E-state index contributed by atoms with van der Waals surface area (Å²) in [6.45, 7) is 1.90. The number of benzene rings is 1. The molecule has 5 heteroatoms. The van der Waals surface area contributed by atoms with E-state index in [0.29, 0.717) is 5.88 Å². The van der Waals surface area contributed by atoms with Crippen molar-refractivity contribution in [3.63, 3.8) is 0 Å². The van der Waals surface area contributed by atoms with Crippen molar-refractivity contribution in [2.24, 2.45) is 4.99 Å². The third-order valence-corrected chi connectivity index (χ3v) is 4.18. The number of furan rings is 1. The van der Waals surface area contributed by atoms with Crippen LogP contribution in [0.5, 0.6) is 0 Å². The maximum absolute atomic E-state index is 6.29. The van der Waals surface area contributed by atoms with Crippen LogP contribution in [0.15, 0.2) is 39.7 Å². The van der Waals surface area contributed by atoms with Crippen LogP contribution in [-0.2, 0) is 4.43 Å². The number of alkyl halides is 2. The second kappa shape index (κ2) is 5.17. The van der Waals surface area contributed by atoms with Gasteiger partial charge in [0.05, 0.1) is 5.56 Å². The molecule has 2 aromatic rings. The van der Waals surface area contributed by atoms with E-state index in [9.17, 15) is 0 Å². The molecule has 1 atom stereocenters. The minimum atomic E-state index is -0.396. The first-order valence-corrected chi connectivity index (χ1v) is 7.88. The van der Waals surface area contributed by atoms with Crippen molar-refractivity contribution in [3.05, 3.63) is 52.8 Å². The molecule has 0 bridgehead atoms. The van der Waals surface area contributed by atoms with Gasteiger partial charge in [0.25, 0.3) is 0 Å². The predicted molar refractivity (Wildman–Crippen MR) is 86.4 cm³/mol. The highest BCUT2D eigenvalue weighted by Gasteiger charge is 2.24. The predicted octanol–water partition coefficient (Wildman–Crippen LogP) is 4.63. The summed E-state index contributed by atoms with van der Waals surface area (Å²) < 4.78 is 6.57. The highest BCUT2D eigenvalue weighted by molar-refractivity contribution is 14.1. The van der Waals surface area contributed by atoms with Gasteiger partial charge in [-0.15, -0.1) is 0 Å². The molecule has 1 N–H and O–H groups in total. The number of rotatable bonds is 2. The number of aryl methyl sites for hydroxylation is 1. The quantitative estimate of drug-likeness (QED) is 0.464. The Balaban J connectivity index is 1.98. The van der Waals surface area contributed by atoms with Crippen LogP contribution in [0, 0.1) is 6.92 Å². The Bertz CT molecular complexity index is 651. The van der Waals surface area contributed by atoms with Gasteiger partial charge in [-0.2, -0.15) is 0 Å². The molecule has 2 heterocycles. The molecule has 0 aliphatic carbocycles. The molecule has 3 rings (SSSR count). The van der Waals surface area contributed by atoms with Gasteiger partial charge in [0.15, 0.2) is 5.50 Å². The van der Waals surface area contributed by atoms with Crippen molar-refractivity contribution >= 4 is 45.9 Å². The number of halogens is 2. The summed E-state index contributed by atoms with van der Waals surface area (Å²) in [5.41, 5.74) is 2.79. The number of nitrogens with one attached hydrogen (secondary N) is 1. The lowest BCUT2D eigenvalue weighted by Crippen LogP contribution is -2.19. The fourth-order valence-electron chi connectivity index (χ4n) is 2.08. The zero-order chi connectivity index (χ0) is 13.4. The lowest BCUT2D eigenvalue weighted by atomic mass is 10.1. The Kier molecular flexibility index (Phi) is 3.54. The van der Waals surface area contributed by atoms with E-state index in [1.54, 1.807) is 0 Å². The molecule has 19 heavy (non-hydrogen) atoms. The van der Waals surface area contributed by atoms with E-state index >= 15 is 0 Å². The summed E-state index contributed by atoms with van der Waals surface area (Å²) >= 11 is 8.63. The third kappa shape index (κ3) is 2.51. The van der Waals surface area contributed by atoms with Gasteiger partial charge < -0.3 is 9.73 Å². The Labute approximate surface area is 130 Å². The summed E-state index contributed by atoms with van der Waals surface area (Å²) in [5.74, 6) is 2.29. The zero-order valence-electron chi connectivity index (χ0n) is 10.3. The highest BCUT2D eigenvalue weighted by Crippen LogP contribution is 2.36. The Morgan fingerprint density at radius 3 is 3.05 bits per heavy atom. The van der Waals surface area contributed by atoms with Gasteiger partial charge in [-0.3, -0.25) is 0 Å². The summed E-state index contributed by atoms with van der Waals surface area (Å²) in [6, 6.07) is 10.2. The molecular formula is C14H12ClIN2O. The standard InChI is InChI=1S/C14H12ClIN2O/c1-8-5-11-12(15)17-13(18-14(11)19-8)10-4-2-3-9(6-10)7-16/h2-6,12H,7H2,1H3,(H,17,18). The largest absolute Gasteiger partial charge is 0.445 e. The maximum atomic E-state index is 6.29. The molecule has 1 aliphatic heterocycles. The minimum Gasteiger partial charge on any atom is -0.445 e. The van der Waals surface area contributed by atoms with E-state index in [2.05, 4.69) is 45.0 Å². The second-order valence-corrected chi connectivity index (χ2v) is 5.59. The number of hydrogen-bond donors (Lipinski definition) is 1. The van der Waals surface area contributed by atoms with Crippen molar-refractivity contribution in [3.8, 4) is 0 Å². The van der Waals surface area contributed by atoms with Crippen LogP contribution in [0.2, 0.25) is 0 Å². The van der Waals surface area contributed by atoms with Crippen molar-refractivity contribution in [1.29, 1.82) is 0 Å². The Morgan fingerprint density at radius 2 is 2.26 bits per heavy atom. The van der Waals surface area contributed by atoms with Crippen molar-refractivity contribution < 1.29 is 4.42 Å². The zero-order valence-corrected chi connectivity index (χ0v) is 13.2. The molecule has 0 spiro atoms. The molecule has 1 unspecified atom stereocenters. The van der Waals surface area contributed by atoms with E-state index in [1.165, 1.54) is 5.56 Å². The number of amidine groups is 1. The number of nitrogens with zero attached hydrogens (tertiary/aromatic N) is 1. The third-order valence-electron chi connectivity index (χ3n) is 2.97. The monoisotopic (exact) mass is 386 g/mol. The first-order chi connectivity index (χ1) is 9.17. The summed E-state index contributed by atoms with van der Waals surface area (Å²) in [7, 11) is 0. The Hall–Kier alpha value is -1.01. The number of hydrogen-bond acceptors (Lipinski definition) is 3. The number of aliphatic imine (C=N–C) groups is 1. The van der Waals surface area contributed by atoms with Crippen LogP contribution in [0.3, 0.4) is 0 Å². The molecule has 0 amide bonds. The van der Waals surface area contributed by atoms with Crippen LogP contribution in [0.25, 0.3) is 0 Å². The molecule has 0 saturated heterocycles. The molecule has 0 fully saturated rings. The lowest BCUT2D eigenvalue weighted by molar-refractivity contribution is 0.549. The van der Waals surface area contributed by atoms with Crippen molar-refractivity contribution in [2.75, 3.05) is 5.32 Å². The normalized spacial score (nSPS) is 17.6. The van der Waals surface area contributed by atoms with Crippen LogP contribution in [0.4, 0.5) is 5.88 Å². The van der Waals surface area contributed by atoms with Crippen LogP contribution < -0.4 is 5.32 Å². The molecule has 98 valence electrons.